The number of aromatic nitrogens is 4. The van der Waals surface area contributed by atoms with Gasteiger partial charge in [-0.15, -0.1) is 0 Å². The van der Waals surface area contributed by atoms with Crippen LogP contribution in [0.5, 0.6) is 5.88 Å². The van der Waals surface area contributed by atoms with Crippen LogP contribution in [0.2, 0.25) is 0 Å². The molecule has 0 amide bonds. The van der Waals surface area contributed by atoms with E-state index in [1.54, 1.807) is 18.5 Å². The Morgan fingerprint density at radius 2 is 2.05 bits per heavy atom. The van der Waals surface area contributed by atoms with Crippen molar-refractivity contribution in [3.63, 3.8) is 0 Å². The summed E-state index contributed by atoms with van der Waals surface area (Å²) in [5.41, 5.74) is 1.27. The molecular formula is C13H9FN4O. The largest absolute Gasteiger partial charge is 0.479 e. The van der Waals surface area contributed by atoms with Crippen molar-refractivity contribution in [1.82, 2.24) is 19.9 Å². The SMILES string of the molecule is COc1ncnc(-c2cc3cccnc3cn2)c1F. The van der Waals surface area contributed by atoms with Crippen LogP contribution in [0.3, 0.4) is 0 Å². The molecule has 0 saturated carbocycles. The van der Waals surface area contributed by atoms with Gasteiger partial charge in [0.05, 0.1) is 24.5 Å². The number of fused-ring (bicyclic) bond motifs is 1. The van der Waals surface area contributed by atoms with Gasteiger partial charge >= 0.3 is 0 Å². The molecule has 5 nitrogen and oxygen atoms in total. The van der Waals surface area contributed by atoms with Crippen molar-refractivity contribution in [1.29, 1.82) is 0 Å². The zero-order valence-electron chi connectivity index (χ0n) is 10.0. The molecule has 0 aliphatic heterocycles. The molecule has 3 heterocycles. The Kier molecular flexibility index (Phi) is 2.75. The Labute approximate surface area is 108 Å². The molecule has 6 heteroatoms. The lowest BCUT2D eigenvalue weighted by molar-refractivity contribution is 0.368. The van der Waals surface area contributed by atoms with Crippen LogP contribution < -0.4 is 4.74 Å². The van der Waals surface area contributed by atoms with Gasteiger partial charge in [0.25, 0.3) is 5.88 Å². The van der Waals surface area contributed by atoms with Gasteiger partial charge in [-0.2, -0.15) is 9.37 Å². The van der Waals surface area contributed by atoms with Crippen LogP contribution in [0.1, 0.15) is 0 Å². The third-order valence-corrected chi connectivity index (χ3v) is 2.68. The third kappa shape index (κ3) is 1.97. The van der Waals surface area contributed by atoms with E-state index in [1.807, 2.05) is 12.1 Å². The number of hydrogen-bond acceptors (Lipinski definition) is 5. The maximum absolute atomic E-state index is 14.1. The molecule has 0 aliphatic carbocycles. The van der Waals surface area contributed by atoms with Crippen molar-refractivity contribution in [3.8, 4) is 17.3 Å². The van der Waals surface area contributed by atoms with Gasteiger partial charge in [0.1, 0.15) is 12.0 Å². The van der Waals surface area contributed by atoms with E-state index in [1.165, 1.54) is 13.4 Å². The number of hydrogen-bond donors (Lipinski definition) is 0. The van der Waals surface area contributed by atoms with Crippen molar-refractivity contribution < 1.29 is 9.13 Å². The average molecular weight is 256 g/mol. The van der Waals surface area contributed by atoms with E-state index in [0.717, 1.165) is 10.9 Å². The molecule has 3 aromatic heterocycles. The molecule has 3 aromatic rings. The molecule has 19 heavy (non-hydrogen) atoms. The molecule has 94 valence electrons. The summed E-state index contributed by atoms with van der Waals surface area (Å²) in [4.78, 5) is 15.9. The first-order chi connectivity index (χ1) is 9.29. The van der Waals surface area contributed by atoms with Crippen LogP contribution >= 0.6 is 0 Å². The van der Waals surface area contributed by atoms with E-state index in [0.29, 0.717) is 5.69 Å². The number of nitrogens with zero attached hydrogens (tertiary/aromatic N) is 4. The van der Waals surface area contributed by atoms with Gasteiger partial charge in [0, 0.05) is 11.6 Å². The number of pyridine rings is 2. The predicted molar refractivity (Wildman–Crippen MR) is 67.1 cm³/mol. The van der Waals surface area contributed by atoms with Gasteiger partial charge < -0.3 is 4.74 Å². The molecule has 0 fully saturated rings. The molecule has 0 radical (unpaired) electrons. The Morgan fingerprint density at radius 1 is 1.16 bits per heavy atom. The van der Waals surface area contributed by atoms with Crippen LogP contribution in [0.4, 0.5) is 4.39 Å². The monoisotopic (exact) mass is 256 g/mol. The second kappa shape index (κ2) is 4.56. The van der Waals surface area contributed by atoms with Crippen LogP contribution in [-0.4, -0.2) is 27.0 Å². The molecule has 0 spiro atoms. The van der Waals surface area contributed by atoms with Crippen molar-refractivity contribution in [3.05, 3.63) is 42.7 Å². The third-order valence-electron chi connectivity index (χ3n) is 2.68. The van der Waals surface area contributed by atoms with Gasteiger partial charge in [-0.3, -0.25) is 9.97 Å². The van der Waals surface area contributed by atoms with Crippen molar-refractivity contribution in [2.24, 2.45) is 0 Å². The molecular weight excluding hydrogens is 247 g/mol. The minimum Gasteiger partial charge on any atom is -0.479 e. The highest BCUT2D eigenvalue weighted by Crippen LogP contribution is 2.25. The lowest BCUT2D eigenvalue weighted by Crippen LogP contribution is -1.98. The lowest BCUT2D eigenvalue weighted by atomic mass is 10.2. The molecule has 0 bridgehead atoms. The first kappa shape index (κ1) is 11.5. The molecule has 3 rings (SSSR count). The maximum Gasteiger partial charge on any atom is 0.254 e. The summed E-state index contributed by atoms with van der Waals surface area (Å²) >= 11 is 0. The fraction of sp³-hybridized carbons (Fsp3) is 0.0769. The standard InChI is InChI=1S/C13H9FN4O/c1-19-13-11(14)12(17-7-18-13)9-5-8-3-2-4-15-10(8)6-16-9/h2-7H,1H3. The van der Waals surface area contributed by atoms with E-state index in [2.05, 4.69) is 19.9 Å². The first-order valence-electron chi connectivity index (χ1n) is 5.55. The van der Waals surface area contributed by atoms with Gasteiger partial charge in [0.2, 0.25) is 5.82 Å². The van der Waals surface area contributed by atoms with Crippen molar-refractivity contribution >= 4 is 10.9 Å². The fourth-order valence-corrected chi connectivity index (χ4v) is 1.78. The highest BCUT2D eigenvalue weighted by Gasteiger charge is 2.14. The topological polar surface area (TPSA) is 60.8 Å². The minimum absolute atomic E-state index is 0.0990. The van der Waals surface area contributed by atoms with E-state index < -0.39 is 5.82 Å². The second-order valence-electron chi connectivity index (χ2n) is 3.81. The minimum atomic E-state index is -0.624. The summed E-state index contributed by atoms with van der Waals surface area (Å²) in [7, 11) is 1.35. The summed E-state index contributed by atoms with van der Waals surface area (Å²) in [5, 5.41) is 0.865. The molecule has 0 aliphatic rings. The summed E-state index contributed by atoms with van der Waals surface area (Å²) < 4.78 is 18.9. The quantitative estimate of drug-likeness (QED) is 0.703. The fourth-order valence-electron chi connectivity index (χ4n) is 1.78. The first-order valence-corrected chi connectivity index (χ1v) is 5.55. The van der Waals surface area contributed by atoms with Crippen LogP contribution in [0, 0.1) is 5.82 Å². The van der Waals surface area contributed by atoms with Gasteiger partial charge in [-0.1, -0.05) is 6.07 Å². The van der Waals surface area contributed by atoms with Crippen molar-refractivity contribution in [2.45, 2.75) is 0 Å². The molecule has 0 atom stereocenters. The van der Waals surface area contributed by atoms with Crippen LogP contribution in [-0.2, 0) is 0 Å². The molecule has 0 N–H and O–H groups in total. The zero-order chi connectivity index (χ0) is 13.2. The zero-order valence-corrected chi connectivity index (χ0v) is 10.0. The number of rotatable bonds is 2. The van der Waals surface area contributed by atoms with Gasteiger partial charge in [-0.25, -0.2) is 4.98 Å². The summed E-state index contributed by atoms with van der Waals surface area (Å²) in [6.07, 6.45) is 4.50. The summed E-state index contributed by atoms with van der Waals surface area (Å²) in [6, 6.07) is 5.42. The Balaban J connectivity index is 2.19. The lowest BCUT2D eigenvalue weighted by Gasteiger charge is -2.05. The summed E-state index contributed by atoms with van der Waals surface area (Å²) in [6.45, 7) is 0. The maximum atomic E-state index is 14.1. The molecule has 0 saturated heterocycles. The molecule has 0 aromatic carbocycles. The van der Waals surface area contributed by atoms with E-state index in [-0.39, 0.29) is 11.6 Å². The Bertz CT molecular complexity index is 748. The molecule has 0 unspecified atom stereocenters. The van der Waals surface area contributed by atoms with Gasteiger partial charge in [-0.05, 0) is 12.1 Å². The smallest absolute Gasteiger partial charge is 0.254 e. The van der Waals surface area contributed by atoms with E-state index in [4.69, 9.17) is 4.74 Å². The normalized spacial score (nSPS) is 10.6. The Hall–Kier alpha value is -2.63. The highest BCUT2D eigenvalue weighted by molar-refractivity contribution is 5.81. The van der Waals surface area contributed by atoms with Crippen LogP contribution in [0.25, 0.3) is 22.3 Å². The van der Waals surface area contributed by atoms with Crippen molar-refractivity contribution in [2.75, 3.05) is 7.11 Å². The second-order valence-corrected chi connectivity index (χ2v) is 3.81. The van der Waals surface area contributed by atoms with E-state index >= 15 is 0 Å². The number of methoxy groups -OCH3 is 1. The summed E-state index contributed by atoms with van der Waals surface area (Å²) in [5.74, 6) is -0.723. The highest BCUT2D eigenvalue weighted by atomic mass is 19.1. The van der Waals surface area contributed by atoms with Gasteiger partial charge in [0.15, 0.2) is 0 Å². The van der Waals surface area contributed by atoms with E-state index in [9.17, 15) is 4.39 Å². The van der Waals surface area contributed by atoms with Crippen LogP contribution in [0.15, 0.2) is 36.9 Å². The number of halogens is 1. The Morgan fingerprint density at radius 3 is 2.89 bits per heavy atom. The number of ether oxygens (including phenoxy) is 1. The predicted octanol–water partition coefficient (Wildman–Crippen LogP) is 2.23. The average Bonchev–Trinajstić information content (AvgIpc) is 2.47.